The number of hydrogen-bond donors (Lipinski definition) is 1. The molecule has 1 N–H and O–H groups in total. The van der Waals surface area contributed by atoms with Crippen molar-refractivity contribution in [1.29, 1.82) is 0 Å². The Morgan fingerprint density at radius 2 is 1.65 bits per heavy atom. The van der Waals surface area contributed by atoms with Crippen LogP contribution in [0.1, 0.15) is 31.4 Å². The van der Waals surface area contributed by atoms with Gasteiger partial charge in [-0.25, -0.2) is 0 Å². The number of pyridine rings is 1. The second-order valence-corrected chi connectivity index (χ2v) is 9.21. The Bertz CT molecular complexity index is 1600. The van der Waals surface area contributed by atoms with Crippen molar-refractivity contribution in [2.75, 3.05) is 0 Å². The van der Waals surface area contributed by atoms with E-state index in [1.807, 2.05) is 6.20 Å². The molecule has 5 aromatic rings. The molecule has 1 heterocycles. The molecule has 0 atom stereocenters. The molecular formula is C33H28IrNO2-. The molecule has 1 aliphatic rings. The molecule has 4 aromatic carbocycles. The van der Waals surface area contributed by atoms with Crippen molar-refractivity contribution in [3.05, 3.63) is 114 Å². The number of benzene rings is 4. The average Bonchev–Trinajstić information content (AvgIpc) is 3.36. The minimum absolute atomic E-state index is 0. The van der Waals surface area contributed by atoms with Crippen molar-refractivity contribution in [2.45, 2.75) is 33.1 Å². The molecule has 4 heteroatoms. The first-order chi connectivity index (χ1) is 17.5. The smallest absolute Gasteiger partial charge is 0.155 e. The fraction of sp³-hybridized carbons (Fsp3) is 0.152. The summed E-state index contributed by atoms with van der Waals surface area (Å²) in [6, 6.07) is 31.9. The maximum Gasteiger partial charge on any atom is 0.155 e. The number of aromatic nitrogens is 1. The Morgan fingerprint density at radius 3 is 2.38 bits per heavy atom. The third kappa shape index (κ3) is 5.72. The molecule has 0 aliphatic heterocycles. The Morgan fingerprint density at radius 1 is 0.892 bits per heavy atom. The zero-order chi connectivity index (χ0) is 25.1. The van der Waals surface area contributed by atoms with Crippen LogP contribution >= 0.6 is 0 Å². The summed E-state index contributed by atoms with van der Waals surface area (Å²) in [5.74, 6) is -0.0625. The van der Waals surface area contributed by atoms with E-state index < -0.39 is 0 Å². The van der Waals surface area contributed by atoms with Crippen molar-refractivity contribution < 1.29 is 30.0 Å². The van der Waals surface area contributed by atoms with Crippen LogP contribution in [0, 0.1) is 6.07 Å². The molecule has 0 amide bonds. The fourth-order valence-electron chi connectivity index (χ4n) is 5.06. The van der Waals surface area contributed by atoms with Gasteiger partial charge >= 0.3 is 0 Å². The van der Waals surface area contributed by atoms with Gasteiger partial charge in [0.05, 0.1) is 5.76 Å². The van der Waals surface area contributed by atoms with Crippen LogP contribution in [0.15, 0.2) is 96.9 Å². The van der Waals surface area contributed by atoms with Crippen molar-refractivity contribution in [2.24, 2.45) is 0 Å². The quantitative estimate of drug-likeness (QED) is 0.0921. The number of ketones is 1. The summed E-state index contributed by atoms with van der Waals surface area (Å²) in [6.45, 7) is 2.85. The van der Waals surface area contributed by atoms with Crippen LogP contribution < -0.4 is 0 Å². The summed E-state index contributed by atoms with van der Waals surface area (Å²) in [4.78, 5) is 14.8. The maximum absolute atomic E-state index is 10.0. The predicted molar refractivity (Wildman–Crippen MR) is 148 cm³/mol. The summed E-state index contributed by atoms with van der Waals surface area (Å²) < 4.78 is 0. The number of nitrogens with zero attached hydrogens (tertiary/aromatic N) is 1. The first kappa shape index (κ1) is 26.5. The van der Waals surface area contributed by atoms with E-state index in [9.17, 15) is 4.79 Å². The summed E-state index contributed by atoms with van der Waals surface area (Å²) >= 11 is 0. The molecular weight excluding hydrogens is 635 g/mol. The Kier molecular flexibility index (Phi) is 8.33. The third-order valence-corrected chi connectivity index (χ3v) is 6.54. The van der Waals surface area contributed by atoms with Gasteiger partial charge in [0.15, 0.2) is 5.78 Å². The van der Waals surface area contributed by atoms with Gasteiger partial charge in [0.2, 0.25) is 0 Å². The van der Waals surface area contributed by atoms with Crippen LogP contribution in [-0.2, 0) is 37.7 Å². The normalized spacial score (nSPS) is 12.4. The van der Waals surface area contributed by atoms with Gasteiger partial charge in [0, 0.05) is 32.4 Å². The Labute approximate surface area is 231 Å². The van der Waals surface area contributed by atoms with Crippen LogP contribution in [0.3, 0.4) is 0 Å². The number of allylic oxidation sites excluding steroid dienone is 2. The number of rotatable bonds is 3. The van der Waals surface area contributed by atoms with Crippen molar-refractivity contribution >= 4 is 27.3 Å². The zero-order valence-electron chi connectivity index (χ0n) is 20.9. The van der Waals surface area contributed by atoms with E-state index in [0.29, 0.717) is 0 Å². The third-order valence-electron chi connectivity index (χ3n) is 6.54. The largest absolute Gasteiger partial charge is 0.512 e. The zero-order valence-corrected chi connectivity index (χ0v) is 23.3. The molecule has 1 radical (unpaired) electrons. The summed E-state index contributed by atoms with van der Waals surface area (Å²) in [5.41, 5.74) is 7.58. The summed E-state index contributed by atoms with van der Waals surface area (Å²) in [5, 5.41) is 13.3. The second-order valence-electron chi connectivity index (χ2n) is 9.21. The van der Waals surface area contributed by atoms with Gasteiger partial charge in [-0.3, -0.25) is 4.79 Å². The minimum atomic E-state index is -0.125. The average molecular weight is 663 g/mol. The number of aliphatic hydroxyl groups excluding tert-OH is 1. The van der Waals surface area contributed by atoms with E-state index >= 15 is 0 Å². The van der Waals surface area contributed by atoms with Crippen LogP contribution in [-0.4, -0.2) is 15.9 Å². The fourth-order valence-corrected chi connectivity index (χ4v) is 5.06. The minimum Gasteiger partial charge on any atom is -0.512 e. The van der Waals surface area contributed by atoms with Crippen LogP contribution in [0.25, 0.3) is 43.9 Å². The van der Waals surface area contributed by atoms with Gasteiger partial charge in [-0.2, -0.15) is 0 Å². The second kappa shape index (κ2) is 11.6. The van der Waals surface area contributed by atoms with E-state index in [-0.39, 0.29) is 31.6 Å². The van der Waals surface area contributed by atoms with E-state index in [0.717, 1.165) is 24.1 Å². The maximum atomic E-state index is 10.0. The first-order valence-corrected chi connectivity index (χ1v) is 12.3. The molecule has 0 bridgehead atoms. The molecule has 0 fully saturated rings. The number of carbonyl (C=O) groups excluding carboxylic acids is 1. The van der Waals surface area contributed by atoms with E-state index in [2.05, 4.69) is 84.9 Å². The summed E-state index contributed by atoms with van der Waals surface area (Å²) in [6.07, 6.45) is 6.57. The molecule has 3 nitrogen and oxygen atoms in total. The number of aryl methyl sites for hydroxylation is 1. The van der Waals surface area contributed by atoms with Gasteiger partial charge in [0.25, 0.3) is 0 Å². The van der Waals surface area contributed by atoms with Crippen LogP contribution in [0.5, 0.6) is 0 Å². The molecule has 0 unspecified atom stereocenters. The Hall–Kier alpha value is -3.59. The van der Waals surface area contributed by atoms with Gasteiger partial charge in [-0.1, -0.05) is 85.1 Å². The van der Waals surface area contributed by atoms with Gasteiger partial charge < -0.3 is 10.1 Å². The topological polar surface area (TPSA) is 50.2 Å². The predicted octanol–water partition coefficient (Wildman–Crippen LogP) is 8.05. The van der Waals surface area contributed by atoms with E-state index in [1.165, 1.54) is 70.1 Å². The molecule has 0 saturated carbocycles. The SMILES string of the molecule is CC(=O)/C=C(/C)O.[Ir].[c-]1c(-c2nccc3c2ccc2ccccc23)cc(-c2ccccc2)c2c1CCC2. The molecule has 6 rings (SSSR count). The molecule has 0 saturated heterocycles. The summed E-state index contributed by atoms with van der Waals surface area (Å²) in [7, 11) is 0. The van der Waals surface area contributed by atoms with Gasteiger partial charge in [-0.05, 0) is 59.1 Å². The van der Waals surface area contributed by atoms with Crippen molar-refractivity contribution in [3.8, 4) is 22.4 Å². The number of hydrogen-bond acceptors (Lipinski definition) is 3. The van der Waals surface area contributed by atoms with Crippen LogP contribution in [0.2, 0.25) is 0 Å². The standard InChI is InChI=1S/C28H20N.C5H8O2.Ir/c1-2-7-19(8-3-1)27-18-22(17-21-10-6-12-24(21)27)28-26-14-13-20-9-4-5-11-23(20)25(26)15-16-29-28;1-4(6)3-5(2)7;/h1-5,7-9,11,13-16,18H,6,10,12H2;3,6H,1-2H3;/q-1;;/b;4-3-;. The Balaban J connectivity index is 0.000000356. The molecule has 187 valence electrons. The van der Waals surface area contributed by atoms with E-state index in [4.69, 9.17) is 10.1 Å². The van der Waals surface area contributed by atoms with Crippen molar-refractivity contribution in [1.82, 2.24) is 4.98 Å². The number of fused-ring (bicyclic) bond motifs is 4. The number of aliphatic hydroxyl groups is 1. The molecule has 0 spiro atoms. The van der Waals surface area contributed by atoms with Gasteiger partial charge in [-0.15, -0.1) is 28.8 Å². The first-order valence-electron chi connectivity index (χ1n) is 12.3. The van der Waals surface area contributed by atoms with Gasteiger partial charge in [0.1, 0.15) is 0 Å². The monoisotopic (exact) mass is 663 g/mol. The van der Waals surface area contributed by atoms with Crippen LogP contribution in [0.4, 0.5) is 0 Å². The molecule has 37 heavy (non-hydrogen) atoms. The number of carbonyl (C=O) groups is 1. The molecule has 1 aliphatic carbocycles. The van der Waals surface area contributed by atoms with E-state index in [1.54, 1.807) is 0 Å². The van der Waals surface area contributed by atoms with Crippen molar-refractivity contribution in [3.63, 3.8) is 0 Å². The molecule has 1 aromatic heterocycles.